The minimum Gasteiger partial charge on any atom is -0.340 e. The van der Waals surface area contributed by atoms with Crippen molar-refractivity contribution in [3.05, 3.63) is 81.8 Å². The van der Waals surface area contributed by atoms with Crippen LogP contribution in [0.4, 0.5) is 18.9 Å². The molecule has 0 spiro atoms. The zero-order valence-electron chi connectivity index (χ0n) is 14.6. The molecule has 0 radical (unpaired) electrons. The van der Waals surface area contributed by atoms with Gasteiger partial charge in [-0.2, -0.15) is 13.2 Å². The van der Waals surface area contributed by atoms with E-state index in [1.165, 1.54) is 24.8 Å². The summed E-state index contributed by atoms with van der Waals surface area (Å²) in [6.07, 6.45) is -1.37. The maximum absolute atomic E-state index is 12.7. The van der Waals surface area contributed by atoms with Gasteiger partial charge in [-0.05, 0) is 36.4 Å². The fraction of sp³-hybridized carbons (Fsp3) is 0.105. The number of aromatic amines is 1. The fourth-order valence-electron chi connectivity index (χ4n) is 2.81. The molecule has 0 fully saturated rings. The number of alkyl halides is 3. The normalized spacial score (nSPS) is 12.7. The Balaban J connectivity index is 1.74. The second-order valence-corrected chi connectivity index (χ2v) is 6.97. The summed E-state index contributed by atoms with van der Waals surface area (Å²) in [6.45, 7) is 0.341. The quantitative estimate of drug-likeness (QED) is 0.468. The van der Waals surface area contributed by atoms with Gasteiger partial charge in [-0.25, -0.2) is 15.0 Å². The Morgan fingerprint density at radius 1 is 1.00 bits per heavy atom. The molecule has 0 amide bonds. The van der Waals surface area contributed by atoms with Crippen LogP contribution in [0.1, 0.15) is 11.1 Å². The van der Waals surface area contributed by atoms with Crippen LogP contribution in [-0.2, 0) is 12.7 Å². The maximum atomic E-state index is 12.7. The van der Waals surface area contributed by atoms with Gasteiger partial charge in [0.2, 0.25) is 0 Å². The van der Waals surface area contributed by atoms with Crippen molar-refractivity contribution in [2.75, 3.05) is 0 Å². The van der Waals surface area contributed by atoms with E-state index in [-0.39, 0.29) is 0 Å². The molecule has 0 aliphatic carbocycles. The van der Waals surface area contributed by atoms with Crippen molar-refractivity contribution in [2.24, 2.45) is 4.99 Å². The van der Waals surface area contributed by atoms with Gasteiger partial charge in [0.05, 0.1) is 30.5 Å². The smallest absolute Gasteiger partial charge is 0.340 e. The van der Waals surface area contributed by atoms with E-state index in [1.807, 2.05) is 0 Å². The summed E-state index contributed by atoms with van der Waals surface area (Å²) in [4.78, 5) is 15.9. The molecule has 0 saturated heterocycles. The second-order valence-electron chi connectivity index (χ2n) is 6.15. The van der Waals surface area contributed by atoms with Crippen molar-refractivity contribution in [2.45, 2.75) is 12.7 Å². The summed E-state index contributed by atoms with van der Waals surface area (Å²) >= 11 is 12.5. The summed E-state index contributed by atoms with van der Waals surface area (Å²) in [6, 6.07) is 9.78. The van der Waals surface area contributed by atoms with Crippen molar-refractivity contribution in [1.29, 1.82) is 0 Å². The summed E-state index contributed by atoms with van der Waals surface area (Å²) in [7, 11) is 0. The SMILES string of the molecule is FC(F)(F)c1ccc(N=c2ncn(Cc3c(Cl)cccc3Cl)c3nc[nH]c23)cc1. The van der Waals surface area contributed by atoms with Crippen LogP contribution in [-0.4, -0.2) is 19.5 Å². The maximum Gasteiger partial charge on any atom is 0.416 e. The van der Waals surface area contributed by atoms with Gasteiger partial charge in [-0.1, -0.05) is 29.3 Å². The molecule has 10 heteroatoms. The summed E-state index contributed by atoms with van der Waals surface area (Å²) in [5.41, 5.74) is 1.72. The van der Waals surface area contributed by atoms with Gasteiger partial charge in [0.1, 0.15) is 5.52 Å². The first-order chi connectivity index (χ1) is 13.8. The molecular formula is C19H12Cl2F3N5. The van der Waals surface area contributed by atoms with E-state index in [2.05, 4.69) is 19.9 Å². The molecule has 1 N–H and O–H groups in total. The molecule has 2 aromatic carbocycles. The van der Waals surface area contributed by atoms with Crippen LogP contribution in [0.5, 0.6) is 0 Å². The van der Waals surface area contributed by atoms with Gasteiger partial charge in [0.25, 0.3) is 0 Å². The number of hydrogen-bond donors (Lipinski definition) is 1. The molecule has 0 aliphatic heterocycles. The van der Waals surface area contributed by atoms with E-state index < -0.39 is 11.7 Å². The van der Waals surface area contributed by atoms with Crippen molar-refractivity contribution in [1.82, 2.24) is 19.5 Å². The Morgan fingerprint density at radius 2 is 1.69 bits per heavy atom. The monoisotopic (exact) mass is 437 g/mol. The lowest BCUT2D eigenvalue weighted by atomic mass is 10.2. The molecule has 2 heterocycles. The molecule has 29 heavy (non-hydrogen) atoms. The molecule has 0 atom stereocenters. The van der Waals surface area contributed by atoms with Crippen LogP contribution < -0.4 is 5.49 Å². The van der Waals surface area contributed by atoms with Gasteiger partial charge in [0, 0.05) is 15.6 Å². The second kappa shape index (κ2) is 7.53. The summed E-state index contributed by atoms with van der Waals surface area (Å²) in [5, 5.41) is 1.04. The predicted octanol–water partition coefficient (Wildman–Crippen LogP) is 5.37. The van der Waals surface area contributed by atoms with Gasteiger partial charge in [-0.15, -0.1) is 0 Å². The number of halogens is 5. The Labute approximate surface area is 172 Å². The van der Waals surface area contributed by atoms with Crippen LogP contribution >= 0.6 is 23.2 Å². The van der Waals surface area contributed by atoms with E-state index in [9.17, 15) is 13.2 Å². The van der Waals surface area contributed by atoms with Crippen molar-refractivity contribution < 1.29 is 13.2 Å². The highest BCUT2D eigenvalue weighted by Crippen LogP contribution is 2.30. The third kappa shape index (κ3) is 3.99. The molecule has 2 aromatic heterocycles. The first-order valence-electron chi connectivity index (χ1n) is 8.36. The Kier molecular flexibility index (Phi) is 5.06. The lowest BCUT2D eigenvalue weighted by Crippen LogP contribution is -2.15. The predicted molar refractivity (Wildman–Crippen MR) is 104 cm³/mol. The highest BCUT2D eigenvalue weighted by Gasteiger charge is 2.29. The largest absolute Gasteiger partial charge is 0.416 e. The van der Waals surface area contributed by atoms with Gasteiger partial charge in [-0.3, -0.25) is 0 Å². The van der Waals surface area contributed by atoms with Crippen molar-refractivity contribution in [3.63, 3.8) is 0 Å². The van der Waals surface area contributed by atoms with Crippen LogP contribution in [0.25, 0.3) is 11.2 Å². The Morgan fingerprint density at radius 3 is 2.34 bits per heavy atom. The molecule has 0 unspecified atom stereocenters. The molecule has 0 saturated carbocycles. The third-order valence-corrected chi connectivity index (χ3v) is 4.96. The number of hydrogen-bond acceptors (Lipinski definition) is 3. The van der Waals surface area contributed by atoms with E-state index in [4.69, 9.17) is 23.2 Å². The number of rotatable bonds is 3. The Bertz CT molecular complexity index is 1220. The number of aromatic nitrogens is 4. The average Bonchev–Trinajstić information content (AvgIpc) is 3.16. The number of imidazole rings is 1. The Hall–Kier alpha value is -2.84. The number of fused-ring (bicyclic) bond motifs is 1. The molecule has 4 rings (SSSR count). The first kappa shape index (κ1) is 19.5. The van der Waals surface area contributed by atoms with Gasteiger partial charge >= 0.3 is 6.18 Å². The minimum absolute atomic E-state index is 0.304. The van der Waals surface area contributed by atoms with Crippen molar-refractivity contribution >= 4 is 40.1 Å². The highest BCUT2D eigenvalue weighted by molar-refractivity contribution is 6.36. The standard InChI is InChI=1S/C19H12Cl2F3N5/c20-14-2-1-3-15(21)13(14)8-29-10-27-17(16-18(29)26-9-25-16)28-12-6-4-11(5-7-12)19(22,23)24/h1-7,9-10H,8H2,(H,25,26). The zero-order chi connectivity index (χ0) is 20.6. The molecular weight excluding hydrogens is 426 g/mol. The number of nitrogens with one attached hydrogen (secondary N) is 1. The van der Waals surface area contributed by atoms with Crippen LogP contribution in [0.2, 0.25) is 10.0 Å². The summed E-state index contributed by atoms with van der Waals surface area (Å²) in [5.74, 6) is 0. The zero-order valence-corrected chi connectivity index (χ0v) is 16.1. The van der Waals surface area contributed by atoms with Crippen LogP contribution in [0, 0.1) is 0 Å². The molecule has 0 bridgehead atoms. The molecule has 5 nitrogen and oxygen atoms in total. The van der Waals surface area contributed by atoms with Crippen LogP contribution in [0.15, 0.2) is 60.1 Å². The number of benzene rings is 2. The third-order valence-electron chi connectivity index (χ3n) is 4.25. The lowest BCUT2D eigenvalue weighted by molar-refractivity contribution is -0.137. The van der Waals surface area contributed by atoms with E-state index in [0.29, 0.717) is 38.9 Å². The first-order valence-corrected chi connectivity index (χ1v) is 9.12. The summed E-state index contributed by atoms with van der Waals surface area (Å²) < 4.78 is 39.9. The van der Waals surface area contributed by atoms with Gasteiger partial charge < -0.3 is 9.55 Å². The van der Waals surface area contributed by atoms with E-state index >= 15 is 0 Å². The fourth-order valence-corrected chi connectivity index (χ4v) is 3.33. The van der Waals surface area contributed by atoms with E-state index in [0.717, 1.165) is 17.7 Å². The number of nitrogens with zero attached hydrogens (tertiary/aromatic N) is 4. The topological polar surface area (TPSA) is 58.9 Å². The van der Waals surface area contributed by atoms with Gasteiger partial charge in [0.15, 0.2) is 11.1 Å². The van der Waals surface area contributed by atoms with Crippen LogP contribution in [0.3, 0.4) is 0 Å². The van der Waals surface area contributed by atoms with E-state index in [1.54, 1.807) is 22.8 Å². The number of H-pyrrole nitrogens is 1. The van der Waals surface area contributed by atoms with Crippen molar-refractivity contribution in [3.8, 4) is 0 Å². The minimum atomic E-state index is -4.40. The molecule has 0 aliphatic rings. The highest BCUT2D eigenvalue weighted by atomic mass is 35.5. The lowest BCUT2D eigenvalue weighted by Gasteiger charge is -2.10. The average molecular weight is 438 g/mol. The molecule has 148 valence electrons. The molecule has 4 aromatic rings.